The molecule has 142 valence electrons. The van der Waals surface area contributed by atoms with E-state index in [1.807, 2.05) is 42.2 Å². The molecule has 2 aromatic carbocycles. The number of nitrogens with one attached hydrogen (secondary N) is 2. The van der Waals surface area contributed by atoms with Crippen molar-refractivity contribution in [2.75, 3.05) is 25.0 Å². The van der Waals surface area contributed by atoms with E-state index in [9.17, 15) is 4.79 Å². The zero-order valence-corrected chi connectivity index (χ0v) is 15.9. The van der Waals surface area contributed by atoms with Gasteiger partial charge in [0, 0.05) is 36.4 Å². The Morgan fingerprint density at radius 2 is 1.96 bits per heavy atom. The number of nitrogen functional groups attached to an aromatic ring is 1. The Bertz CT molecular complexity index is 825. The van der Waals surface area contributed by atoms with Crippen LogP contribution in [0, 0.1) is 12.3 Å². The maximum Gasteiger partial charge on any atom is 0.254 e. The maximum absolute atomic E-state index is 12.6. The molecule has 0 radical (unpaired) electrons. The molecule has 5 nitrogen and oxygen atoms in total. The highest BCUT2D eigenvalue weighted by Crippen LogP contribution is 2.18. The van der Waals surface area contributed by atoms with E-state index in [1.165, 1.54) is 5.56 Å². The summed E-state index contributed by atoms with van der Waals surface area (Å²) in [6, 6.07) is 13.8. The second-order valence-corrected chi connectivity index (χ2v) is 7.17. The number of anilines is 1. The van der Waals surface area contributed by atoms with Crippen LogP contribution in [0.15, 0.2) is 42.5 Å². The number of nitrogens with zero attached hydrogens (tertiary/aromatic N) is 1. The molecule has 0 spiro atoms. The van der Waals surface area contributed by atoms with Gasteiger partial charge in [-0.05, 0) is 61.9 Å². The smallest absolute Gasteiger partial charge is 0.254 e. The van der Waals surface area contributed by atoms with Gasteiger partial charge in [0.2, 0.25) is 0 Å². The molecule has 0 atom stereocenters. The molecule has 1 fully saturated rings. The first-order valence-corrected chi connectivity index (χ1v) is 9.62. The highest BCUT2D eigenvalue weighted by molar-refractivity contribution is 5.96. The molecule has 2 aromatic rings. The second-order valence-electron chi connectivity index (χ2n) is 7.17. The van der Waals surface area contributed by atoms with Crippen molar-refractivity contribution >= 4 is 17.4 Å². The molecule has 1 aliphatic heterocycles. The number of carbonyl (C=O) groups excluding carboxylic acids is 1. The third-order valence-corrected chi connectivity index (χ3v) is 5.06. The fraction of sp³-hybridized carbons (Fsp3) is 0.364. The lowest BCUT2D eigenvalue weighted by molar-refractivity contribution is 0.0792. The first-order valence-electron chi connectivity index (χ1n) is 9.62. The minimum absolute atomic E-state index is 0.0812. The highest BCUT2D eigenvalue weighted by atomic mass is 16.2. The molecule has 0 bridgehead atoms. The van der Waals surface area contributed by atoms with Crippen LogP contribution in [0.25, 0.3) is 0 Å². The Hall–Kier alpha value is -2.82. The average molecular weight is 364 g/mol. The largest absolute Gasteiger partial charge is 0.385 e. The quantitative estimate of drug-likeness (QED) is 0.399. The SMILES string of the molecule is Cc1cc(CCCNc2cccc(C(=N)N)c2)ccc1C(=O)N1CCCC1. The Kier molecular flexibility index (Phi) is 6.12. The van der Waals surface area contributed by atoms with Gasteiger partial charge in [-0.1, -0.05) is 24.3 Å². The monoisotopic (exact) mass is 364 g/mol. The first kappa shape index (κ1) is 19.0. The van der Waals surface area contributed by atoms with E-state index in [0.29, 0.717) is 0 Å². The number of likely N-dealkylation sites (tertiary alicyclic amines) is 1. The molecule has 5 heteroatoms. The fourth-order valence-corrected chi connectivity index (χ4v) is 3.53. The van der Waals surface area contributed by atoms with Crippen molar-refractivity contribution in [2.24, 2.45) is 5.73 Å². The van der Waals surface area contributed by atoms with Crippen LogP contribution in [0.2, 0.25) is 0 Å². The van der Waals surface area contributed by atoms with Crippen LogP contribution in [0.5, 0.6) is 0 Å². The van der Waals surface area contributed by atoms with Gasteiger partial charge < -0.3 is 16.0 Å². The standard InChI is InChI=1S/C22H28N4O/c1-16-14-17(9-10-20(16)22(27)26-12-2-3-13-26)6-5-11-25-19-8-4-7-18(15-19)21(23)24/h4,7-10,14-15,25H,2-3,5-6,11-13H2,1H3,(H3,23,24). The van der Waals surface area contributed by atoms with E-state index >= 15 is 0 Å². The van der Waals surface area contributed by atoms with E-state index in [2.05, 4.69) is 17.4 Å². The summed E-state index contributed by atoms with van der Waals surface area (Å²) >= 11 is 0. The molecular formula is C22H28N4O. The number of aryl methyl sites for hydroxylation is 2. The number of rotatable bonds is 7. The summed E-state index contributed by atoms with van der Waals surface area (Å²) in [5.74, 6) is 0.251. The van der Waals surface area contributed by atoms with Crippen LogP contribution in [0.1, 0.15) is 46.3 Å². The van der Waals surface area contributed by atoms with Crippen LogP contribution in [0.4, 0.5) is 5.69 Å². The van der Waals surface area contributed by atoms with Crippen molar-refractivity contribution < 1.29 is 4.79 Å². The predicted molar refractivity (Wildman–Crippen MR) is 111 cm³/mol. The molecule has 1 heterocycles. The van der Waals surface area contributed by atoms with Gasteiger partial charge in [-0.2, -0.15) is 0 Å². The minimum atomic E-state index is 0.0812. The fourth-order valence-electron chi connectivity index (χ4n) is 3.53. The van der Waals surface area contributed by atoms with Gasteiger partial charge >= 0.3 is 0 Å². The lowest BCUT2D eigenvalue weighted by atomic mass is 10.0. The molecule has 0 saturated carbocycles. The van der Waals surface area contributed by atoms with Gasteiger partial charge in [0.1, 0.15) is 5.84 Å². The molecule has 1 amide bonds. The third-order valence-electron chi connectivity index (χ3n) is 5.06. The van der Waals surface area contributed by atoms with E-state index in [0.717, 1.165) is 67.7 Å². The van der Waals surface area contributed by atoms with Crippen molar-refractivity contribution in [2.45, 2.75) is 32.6 Å². The van der Waals surface area contributed by atoms with Crippen LogP contribution >= 0.6 is 0 Å². The Labute approximate surface area is 161 Å². The number of amides is 1. The summed E-state index contributed by atoms with van der Waals surface area (Å²) in [4.78, 5) is 14.5. The number of carbonyl (C=O) groups is 1. The molecule has 1 aliphatic rings. The molecular weight excluding hydrogens is 336 g/mol. The summed E-state index contributed by atoms with van der Waals surface area (Å²) in [6.07, 6.45) is 4.18. The lowest BCUT2D eigenvalue weighted by Crippen LogP contribution is -2.28. The third kappa shape index (κ3) is 4.88. The summed E-state index contributed by atoms with van der Waals surface area (Å²) in [6.45, 7) is 4.64. The average Bonchev–Trinajstić information content (AvgIpc) is 3.20. The summed E-state index contributed by atoms with van der Waals surface area (Å²) in [5.41, 5.74) is 10.4. The second kappa shape index (κ2) is 8.71. The van der Waals surface area contributed by atoms with Gasteiger partial charge in [-0.15, -0.1) is 0 Å². The predicted octanol–water partition coefficient (Wildman–Crippen LogP) is 3.56. The molecule has 1 saturated heterocycles. The number of benzene rings is 2. The Morgan fingerprint density at radius 1 is 1.19 bits per heavy atom. The van der Waals surface area contributed by atoms with Gasteiger partial charge in [0.15, 0.2) is 0 Å². The first-order chi connectivity index (χ1) is 13.0. The number of amidine groups is 1. The minimum Gasteiger partial charge on any atom is -0.385 e. The van der Waals surface area contributed by atoms with Gasteiger partial charge in [-0.3, -0.25) is 10.2 Å². The topological polar surface area (TPSA) is 82.2 Å². The molecule has 0 unspecified atom stereocenters. The molecule has 4 N–H and O–H groups in total. The Balaban J connectivity index is 1.51. The van der Waals surface area contributed by atoms with Crippen LogP contribution in [0.3, 0.4) is 0 Å². The summed E-state index contributed by atoms with van der Waals surface area (Å²) in [5, 5.41) is 10.9. The van der Waals surface area contributed by atoms with E-state index in [1.54, 1.807) is 0 Å². The van der Waals surface area contributed by atoms with Crippen molar-refractivity contribution in [3.8, 4) is 0 Å². The van der Waals surface area contributed by atoms with E-state index in [-0.39, 0.29) is 11.7 Å². The van der Waals surface area contributed by atoms with Crippen LogP contribution in [-0.2, 0) is 6.42 Å². The zero-order valence-electron chi connectivity index (χ0n) is 15.9. The van der Waals surface area contributed by atoms with Crippen LogP contribution in [-0.4, -0.2) is 36.3 Å². The normalized spacial score (nSPS) is 13.6. The van der Waals surface area contributed by atoms with Crippen molar-refractivity contribution in [1.82, 2.24) is 4.90 Å². The van der Waals surface area contributed by atoms with Crippen LogP contribution < -0.4 is 11.1 Å². The number of nitrogens with two attached hydrogens (primary N) is 1. The molecule has 3 rings (SSSR count). The maximum atomic E-state index is 12.6. The molecule has 0 aliphatic carbocycles. The summed E-state index contributed by atoms with van der Waals surface area (Å²) < 4.78 is 0. The highest BCUT2D eigenvalue weighted by Gasteiger charge is 2.20. The number of hydrogen-bond donors (Lipinski definition) is 3. The van der Waals surface area contributed by atoms with Gasteiger partial charge in [0.25, 0.3) is 5.91 Å². The van der Waals surface area contributed by atoms with E-state index < -0.39 is 0 Å². The Morgan fingerprint density at radius 3 is 2.67 bits per heavy atom. The number of hydrogen-bond acceptors (Lipinski definition) is 3. The van der Waals surface area contributed by atoms with Crippen molar-refractivity contribution in [3.63, 3.8) is 0 Å². The zero-order chi connectivity index (χ0) is 19.2. The lowest BCUT2D eigenvalue weighted by Gasteiger charge is -2.17. The molecule has 27 heavy (non-hydrogen) atoms. The van der Waals surface area contributed by atoms with E-state index in [4.69, 9.17) is 11.1 Å². The van der Waals surface area contributed by atoms with Crippen molar-refractivity contribution in [1.29, 1.82) is 5.41 Å². The van der Waals surface area contributed by atoms with Gasteiger partial charge in [0.05, 0.1) is 0 Å². The van der Waals surface area contributed by atoms with Crippen molar-refractivity contribution in [3.05, 3.63) is 64.7 Å². The summed E-state index contributed by atoms with van der Waals surface area (Å²) in [7, 11) is 0. The molecule has 0 aromatic heterocycles. The van der Waals surface area contributed by atoms with Gasteiger partial charge in [-0.25, -0.2) is 0 Å².